The molecule has 0 fully saturated rings. The van der Waals surface area contributed by atoms with Gasteiger partial charge in [-0.15, -0.1) is 0 Å². The predicted octanol–water partition coefficient (Wildman–Crippen LogP) is 3.34. The van der Waals surface area contributed by atoms with Crippen LogP contribution in [0.25, 0.3) is 10.8 Å². The average molecular weight is 269 g/mol. The third-order valence-electron chi connectivity index (χ3n) is 2.14. The van der Waals surface area contributed by atoms with Gasteiger partial charge in [0.05, 0.1) is 10.8 Å². The number of hydrogen-bond acceptors (Lipinski definition) is 1. The second-order valence-electron chi connectivity index (χ2n) is 3.05. The van der Waals surface area contributed by atoms with Crippen molar-refractivity contribution in [2.45, 2.75) is 4.90 Å². The summed E-state index contributed by atoms with van der Waals surface area (Å²) in [5.41, 5.74) is 0. The van der Waals surface area contributed by atoms with Crippen LogP contribution in [0.15, 0.2) is 45.8 Å². The maximum absolute atomic E-state index is 11.5. The molecule has 0 amide bonds. The molecule has 2 aromatic carbocycles. The van der Waals surface area contributed by atoms with Crippen molar-refractivity contribution in [3.63, 3.8) is 0 Å². The normalized spacial score (nSPS) is 13.0. The largest absolute Gasteiger partial charge is 0.255 e. The van der Waals surface area contributed by atoms with Gasteiger partial charge >= 0.3 is 0 Å². The molecule has 0 saturated carbocycles. The van der Waals surface area contributed by atoms with Crippen LogP contribution in [0.4, 0.5) is 0 Å². The van der Waals surface area contributed by atoms with Crippen LogP contribution in [0.1, 0.15) is 0 Å². The van der Waals surface area contributed by atoms with E-state index >= 15 is 0 Å². The second kappa shape index (κ2) is 3.83. The molecular weight excluding hydrogens is 260 g/mol. The second-order valence-corrected chi connectivity index (χ2v) is 5.25. The highest BCUT2D eigenvalue weighted by atomic mass is 79.9. The van der Waals surface area contributed by atoms with Gasteiger partial charge in [0.2, 0.25) is 0 Å². The molecule has 2 aromatic rings. The SMILES string of the molecule is CS(=O)c1cccc2c(Br)cccc12. The van der Waals surface area contributed by atoms with E-state index in [-0.39, 0.29) is 0 Å². The van der Waals surface area contributed by atoms with Crippen molar-refractivity contribution in [3.8, 4) is 0 Å². The molecular formula is C11H9BrOS. The Morgan fingerprint density at radius 1 is 1.07 bits per heavy atom. The van der Waals surface area contributed by atoms with Crippen LogP contribution in [-0.2, 0) is 10.8 Å². The lowest BCUT2D eigenvalue weighted by molar-refractivity contribution is 0.687. The molecule has 0 heterocycles. The number of fused-ring (bicyclic) bond motifs is 1. The Hall–Kier alpha value is -0.670. The fraction of sp³-hybridized carbons (Fsp3) is 0.0909. The summed E-state index contributed by atoms with van der Waals surface area (Å²) in [4.78, 5) is 0.892. The van der Waals surface area contributed by atoms with E-state index in [2.05, 4.69) is 15.9 Å². The predicted molar refractivity (Wildman–Crippen MR) is 64.0 cm³/mol. The first-order valence-electron chi connectivity index (χ1n) is 4.21. The molecule has 1 nitrogen and oxygen atoms in total. The van der Waals surface area contributed by atoms with Gasteiger partial charge in [0.1, 0.15) is 0 Å². The van der Waals surface area contributed by atoms with Crippen molar-refractivity contribution >= 4 is 37.5 Å². The summed E-state index contributed by atoms with van der Waals surface area (Å²) in [6, 6.07) is 11.8. The highest BCUT2D eigenvalue weighted by molar-refractivity contribution is 9.10. The molecule has 14 heavy (non-hydrogen) atoms. The van der Waals surface area contributed by atoms with Gasteiger partial charge in [-0.3, -0.25) is 4.21 Å². The van der Waals surface area contributed by atoms with Gasteiger partial charge in [-0.1, -0.05) is 40.2 Å². The van der Waals surface area contributed by atoms with Crippen molar-refractivity contribution < 1.29 is 4.21 Å². The van der Waals surface area contributed by atoms with E-state index in [1.54, 1.807) is 6.26 Å². The average Bonchev–Trinajstić information content (AvgIpc) is 2.17. The van der Waals surface area contributed by atoms with E-state index in [0.717, 1.165) is 20.1 Å². The summed E-state index contributed by atoms with van der Waals surface area (Å²) in [6.07, 6.45) is 1.70. The van der Waals surface area contributed by atoms with Crippen LogP contribution in [0.2, 0.25) is 0 Å². The maximum atomic E-state index is 11.5. The van der Waals surface area contributed by atoms with E-state index in [1.807, 2.05) is 36.4 Å². The van der Waals surface area contributed by atoms with Gasteiger partial charge in [0.25, 0.3) is 0 Å². The van der Waals surface area contributed by atoms with Crippen LogP contribution in [0, 0.1) is 0 Å². The van der Waals surface area contributed by atoms with Crippen molar-refractivity contribution in [2.24, 2.45) is 0 Å². The molecule has 0 spiro atoms. The summed E-state index contributed by atoms with van der Waals surface area (Å²) in [5, 5.41) is 2.17. The molecule has 2 rings (SSSR count). The Balaban J connectivity index is 2.88. The van der Waals surface area contributed by atoms with Crippen molar-refractivity contribution in [1.82, 2.24) is 0 Å². The molecule has 0 aliphatic rings. The number of hydrogen-bond donors (Lipinski definition) is 0. The molecule has 0 radical (unpaired) electrons. The molecule has 0 saturated heterocycles. The third kappa shape index (κ3) is 1.62. The standard InChI is InChI=1S/C11H9BrOS/c1-14(13)11-7-3-4-8-9(11)5-2-6-10(8)12/h2-7H,1H3. The Morgan fingerprint density at radius 2 is 1.71 bits per heavy atom. The van der Waals surface area contributed by atoms with Crippen LogP contribution >= 0.6 is 15.9 Å². The third-order valence-corrected chi connectivity index (χ3v) is 3.81. The number of rotatable bonds is 1. The van der Waals surface area contributed by atoms with Gasteiger partial charge in [0.15, 0.2) is 0 Å². The summed E-state index contributed by atoms with van der Waals surface area (Å²) in [5.74, 6) is 0. The minimum atomic E-state index is -0.933. The number of benzene rings is 2. The van der Waals surface area contributed by atoms with E-state index in [0.29, 0.717) is 0 Å². The molecule has 1 atom stereocenters. The first kappa shape index (κ1) is 9.87. The number of halogens is 1. The topological polar surface area (TPSA) is 17.1 Å². The van der Waals surface area contributed by atoms with E-state index in [9.17, 15) is 4.21 Å². The first-order valence-corrected chi connectivity index (χ1v) is 6.56. The molecule has 0 aliphatic heterocycles. The zero-order chi connectivity index (χ0) is 10.1. The van der Waals surface area contributed by atoms with Crippen molar-refractivity contribution in [2.75, 3.05) is 6.26 Å². The quantitative estimate of drug-likeness (QED) is 0.776. The lowest BCUT2D eigenvalue weighted by Crippen LogP contribution is -1.88. The lowest BCUT2D eigenvalue weighted by atomic mass is 10.1. The van der Waals surface area contributed by atoms with E-state index in [1.165, 1.54) is 0 Å². The summed E-state index contributed by atoms with van der Waals surface area (Å²) < 4.78 is 12.5. The molecule has 3 heteroatoms. The Bertz CT molecular complexity index is 508. The van der Waals surface area contributed by atoms with Gasteiger partial charge < -0.3 is 0 Å². The molecule has 72 valence electrons. The molecule has 0 bridgehead atoms. The zero-order valence-electron chi connectivity index (χ0n) is 7.66. The van der Waals surface area contributed by atoms with Crippen LogP contribution in [-0.4, -0.2) is 10.5 Å². The first-order chi connectivity index (χ1) is 6.70. The summed E-state index contributed by atoms with van der Waals surface area (Å²) in [6.45, 7) is 0. The van der Waals surface area contributed by atoms with Crippen molar-refractivity contribution in [1.29, 1.82) is 0 Å². The fourth-order valence-electron chi connectivity index (χ4n) is 1.49. The smallest absolute Gasteiger partial charge is 0.0504 e. The van der Waals surface area contributed by atoms with Gasteiger partial charge in [0, 0.05) is 15.6 Å². The van der Waals surface area contributed by atoms with Crippen molar-refractivity contribution in [3.05, 3.63) is 40.9 Å². The molecule has 1 unspecified atom stereocenters. The maximum Gasteiger partial charge on any atom is 0.0504 e. The van der Waals surface area contributed by atoms with Crippen LogP contribution in [0.3, 0.4) is 0 Å². The molecule has 0 aromatic heterocycles. The van der Waals surface area contributed by atoms with E-state index < -0.39 is 10.8 Å². The van der Waals surface area contributed by atoms with E-state index in [4.69, 9.17) is 0 Å². The van der Waals surface area contributed by atoms with Crippen LogP contribution in [0.5, 0.6) is 0 Å². The molecule has 0 N–H and O–H groups in total. The summed E-state index contributed by atoms with van der Waals surface area (Å²) >= 11 is 3.48. The van der Waals surface area contributed by atoms with Gasteiger partial charge in [-0.2, -0.15) is 0 Å². The van der Waals surface area contributed by atoms with Gasteiger partial charge in [-0.05, 0) is 22.9 Å². The van der Waals surface area contributed by atoms with Crippen LogP contribution < -0.4 is 0 Å². The summed E-state index contributed by atoms with van der Waals surface area (Å²) in [7, 11) is -0.933. The Morgan fingerprint density at radius 3 is 2.43 bits per heavy atom. The lowest BCUT2D eigenvalue weighted by Gasteiger charge is -2.04. The fourth-order valence-corrected chi connectivity index (χ4v) is 2.75. The molecule has 0 aliphatic carbocycles. The zero-order valence-corrected chi connectivity index (χ0v) is 10.1. The Kier molecular flexibility index (Phi) is 2.70. The highest BCUT2D eigenvalue weighted by Gasteiger charge is 2.05. The minimum absolute atomic E-state index is 0.892. The Labute approximate surface area is 93.7 Å². The minimum Gasteiger partial charge on any atom is -0.255 e. The van der Waals surface area contributed by atoms with Gasteiger partial charge in [-0.25, -0.2) is 0 Å². The highest BCUT2D eigenvalue weighted by Crippen LogP contribution is 2.27. The monoisotopic (exact) mass is 268 g/mol.